The number of morpholine rings is 1. The van der Waals surface area contributed by atoms with Gasteiger partial charge in [-0.15, -0.1) is 11.3 Å². The third kappa shape index (κ3) is 5.93. The monoisotopic (exact) mass is 490 g/mol. The van der Waals surface area contributed by atoms with Gasteiger partial charge in [0.15, 0.2) is 0 Å². The zero-order chi connectivity index (χ0) is 24.2. The van der Waals surface area contributed by atoms with E-state index in [0.717, 1.165) is 68.3 Å². The maximum absolute atomic E-state index is 13.2. The van der Waals surface area contributed by atoms with E-state index in [9.17, 15) is 4.79 Å². The summed E-state index contributed by atoms with van der Waals surface area (Å²) in [6, 6.07) is 19.3. The molecule has 2 aliphatic rings. The van der Waals surface area contributed by atoms with Crippen LogP contribution in [-0.2, 0) is 11.3 Å². The first-order valence-corrected chi connectivity index (χ1v) is 13.2. The Morgan fingerprint density at radius 2 is 1.97 bits per heavy atom. The van der Waals surface area contributed by atoms with Gasteiger partial charge in [-0.1, -0.05) is 24.3 Å². The molecule has 0 spiro atoms. The smallest absolute Gasteiger partial charge is 0.252 e. The predicted molar refractivity (Wildman–Crippen MR) is 143 cm³/mol. The largest absolute Gasteiger partial charge is 0.380 e. The number of amides is 1. The van der Waals surface area contributed by atoms with E-state index in [2.05, 4.69) is 57.2 Å². The molecule has 7 heteroatoms. The number of nitrogens with zero attached hydrogens (tertiary/aromatic N) is 1. The molecule has 2 aliphatic heterocycles. The van der Waals surface area contributed by atoms with Crippen LogP contribution in [0.1, 0.15) is 39.3 Å². The van der Waals surface area contributed by atoms with Crippen LogP contribution in [0.3, 0.4) is 0 Å². The van der Waals surface area contributed by atoms with Crippen LogP contribution < -0.4 is 16.0 Å². The minimum absolute atomic E-state index is 0.0419. The average Bonchev–Trinajstić information content (AvgIpc) is 3.31. The van der Waals surface area contributed by atoms with Gasteiger partial charge in [-0.05, 0) is 60.9 Å². The zero-order valence-electron chi connectivity index (χ0n) is 20.5. The minimum atomic E-state index is -0.0953. The number of aryl methyl sites for hydroxylation is 1. The predicted octanol–water partition coefficient (Wildman–Crippen LogP) is 4.43. The second-order valence-corrected chi connectivity index (χ2v) is 10.7. The molecule has 0 saturated carbocycles. The normalized spacial score (nSPS) is 17.5. The highest BCUT2D eigenvalue weighted by Gasteiger charge is 2.19. The third-order valence-corrected chi connectivity index (χ3v) is 7.92. The number of ether oxygens (including phenoxy) is 1. The SMILES string of the molecule is Cc1ccc(NC2CNC2)cc1C(=O)N[C@H](C)c1cccc(-c2ccc(CN3CCOCC3)s2)c1. The molecule has 0 unspecified atom stereocenters. The molecule has 0 radical (unpaired) electrons. The van der Waals surface area contributed by atoms with E-state index in [-0.39, 0.29) is 11.9 Å². The number of rotatable bonds is 8. The number of benzene rings is 2. The number of hydrogen-bond acceptors (Lipinski definition) is 6. The first-order valence-electron chi connectivity index (χ1n) is 12.4. The Balaban J connectivity index is 1.25. The van der Waals surface area contributed by atoms with Crippen LogP contribution >= 0.6 is 11.3 Å². The van der Waals surface area contributed by atoms with Crippen LogP contribution in [0.25, 0.3) is 10.4 Å². The van der Waals surface area contributed by atoms with E-state index in [4.69, 9.17) is 4.74 Å². The lowest BCUT2D eigenvalue weighted by Crippen LogP contribution is -2.51. The van der Waals surface area contributed by atoms with Gasteiger partial charge in [0.05, 0.1) is 25.3 Å². The molecule has 184 valence electrons. The molecule has 3 N–H and O–H groups in total. The molecule has 6 nitrogen and oxygen atoms in total. The second kappa shape index (κ2) is 10.9. The van der Waals surface area contributed by atoms with Crippen molar-refractivity contribution in [2.24, 2.45) is 0 Å². The van der Waals surface area contributed by atoms with Crippen LogP contribution in [0.5, 0.6) is 0 Å². The molecule has 35 heavy (non-hydrogen) atoms. The fourth-order valence-electron chi connectivity index (χ4n) is 4.50. The van der Waals surface area contributed by atoms with Crippen molar-refractivity contribution in [2.75, 3.05) is 44.7 Å². The van der Waals surface area contributed by atoms with E-state index in [1.54, 1.807) is 0 Å². The van der Waals surface area contributed by atoms with Gasteiger partial charge in [-0.2, -0.15) is 0 Å². The van der Waals surface area contributed by atoms with Crippen molar-refractivity contribution in [2.45, 2.75) is 32.5 Å². The molecule has 5 rings (SSSR count). The van der Waals surface area contributed by atoms with Crippen LogP contribution in [-0.4, -0.2) is 56.2 Å². The zero-order valence-corrected chi connectivity index (χ0v) is 21.3. The van der Waals surface area contributed by atoms with Crippen molar-refractivity contribution < 1.29 is 9.53 Å². The summed E-state index contributed by atoms with van der Waals surface area (Å²) in [4.78, 5) is 18.2. The van der Waals surface area contributed by atoms with Crippen molar-refractivity contribution in [1.29, 1.82) is 0 Å². The number of carbonyl (C=O) groups is 1. The lowest BCUT2D eigenvalue weighted by molar-refractivity contribution is 0.0346. The topological polar surface area (TPSA) is 65.6 Å². The average molecular weight is 491 g/mol. The summed E-state index contributed by atoms with van der Waals surface area (Å²) in [5.41, 5.74) is 4.99. The Morgan fingerprint density at radius 1 is 1.14 bits per heavy atom. The third-order valence-electron chi connectivity index (χ3n) is 6.80. The Morgan fingerprint density at radius 3 is 2.74 bits per heavy atom. The van der Waals surface area contributed by atoms with Crippen molar-refractivity contribution in [1.82, 2.24) is 15.5 Å². The van der Waals surface area contributed by atoms with Crippen molar-refractivity contribution >= 4 is 22.9 Å². The van der Waals surface area contributed by atoms with Crippen LogP contribution in [0, 0.1) is 6.92 Å². The van der Waals surface area contributed by atoms with E-state index in [1.165, 1.54) is 15.3 Å². The summed E-state index contributed by atoms with van der Waals surface area (Å²) in [7, 11) is 0. The van der Waals surface area contributed by atoms with Crippen LogP contribution in [0.15, 0.2) is 54.6 Å². The fraction of sp³-hybridized carbons (Fsp3) is 0.393. The highest BCUT2D eigenvalue weighted by Crippen LogP contribution is 2.31. The molecule has 1 amide bonds. The van der Waals surface area contributed by atoms with Gasteiger partial charge in [0, 0.05) is 53.7 Å². The van der Waals surface area contributed by atoms with Gasteiger partial charge < -0.3 is 20.7 Å². The first kappa shape index (κ1) is 24.0. The van der Waals surface area contributed by atoms with Crippen molar-refractivity contribution in [3.05, 3.63) is 76.2 Å². The van der Waals surface area contributed by atoms with Gasteiger partial charge >= 0.3 is 0 Å². The molecule has 1 atom stereocenters. The Kier molecular flexibility index (Phi) is 7.48. The van der Waals surface area contributed by atoms with Crippen LogP contribution in [0.4, 0.5) is 5.69 Å². The van der Waals surface area contributed by atoms with Gasteiger partial charge in [0.2, 0.25) is 0 Å². The summed E-state index contributed by atoms with van der Waals surface area (Å²) in [5, 5.41) is 9.96. The summed E-state index contributed by atoms with van der Waals surface area (Å²) in [5.74, 6) is -0.0419. The Hall–Kier alpha value is -2.71. The Bertz CT molecular complexity index is 1170. The minimum Gasteiger partial charge on any atom is -0.380 e. The Labute approximate surface area is 211 Å². The summed E-state index contributed by atoms with van der Waals surface area (Å²) in [6.07, 6.45) is 0. The van der Waals surface area contributed by atoms with E-state index >= 15 is 0 Å². The molecule has 0 aliphatic carbocycles. The van der Waals surface area contributed by atoms with E-state index in [0.29, 0.717) is 6.04 Å². The lowest BCUT2D eigenvalue weighted by Gasteiger charge is -2.29. The molecular formula is C28H34N4O2S. The number of nitrogens with one attached hydrogen (secondary N) is 3. The van der Waals surface area contributed by atoms with Gasteiger partial charge in [0.25, 0.3) is 5.91 Å². The molecule has 3 heterocycles. The van der Waals surface area contributed by atoms with E-state index in [1.807, 2.05) is 43.4 Å². The number of thiophene rings is 1. The molecule has 2 fully saturated rings. The van der Waals surface area contributed by atoms with Gasteiger partial charge in [0.1, 0.15) is 0 Å². The number of carbonyl (C=O) groups excluding carboxylic acids is 1. The highest BCUT2D eigenvalue weighted by molar-refractivity contribution is 7.15. The fourth-order valence-corrected chi connectivity index (χ4v) is 5.55. The standard InChI is InChI=1S/C28H34N4O2S/c1-19-6-7-23(31-24-16-29-17-24)15-26(19)28(33)30-20(2)21-4-3-5-22(14-21)27-9-8-25(35-27)18-32-10-12-34-13-11-32/h3-9,14-15,20,24,29,31H,10-13,16-18H2,1-2H3,(H,30,33)/t20-/m1/s1. The summed E-state index contributed by atoms with van der Waals surface area (Å²) in [6.45, 7) is 10.6. The maximum Gasteiger partial charge on any atom is 0.252 e. The molecule has 0 bridgehead atoms. The van der Waals surface area contributed by atoms with Crippen molar-refractivity contribution in [3.8, 4) is 10.4 Å². The molecular weight excluding hydrogens is 456 g/mol. The number of anilines is 1. The lowest BCUT2D eigenvalue weighted by atomic mass is 10.0. The number of hydrogen-bond donors (Lipinski definition) is 3. The van der Waals surface area contributed by atoms with Gasteiger partial charge in [-0.3, -0.25) is 9.69 Å². The highest BCUT2D eigenvalue weighted by atomic mass is 32.1. The van der Waals surface area contributed by atoms with E-state index < -0.39 is 0 Å². The molecule has 2 saturated heterocycles. The quantitative estimate of drug-likeness (QED) is 0.436. The molecule has 3 aromatic rings. The molecule has 2 aromatic carbocycles. The van der Waals surface area contributed by atoms with Gasteiger partial charge in [-0.25, -0.2) is 0 Å². The van der Waals surface area contributed by atoms with Crippen molar-refractivity contribution in [3.63, 3.8) is 0 Å². The second-order valence-electron chi connectivity index (χ2n) is 9.50. The summed E-state index contributed by atoms with van der Waals surface area (Å²) < 4.78 is 5.46. The maximum atomic E-state index is 13.2. The first-order chi connectivity index (χ1) is 17.0. The molecule has 1 aromatic heterocycles. The van der Waals surface area contributed by atoms with Crippen LogP contribution in [0.2, 0.25) is 0 Å². The summed E-state index contributed by atoms with van der Waals surface area (Å²) >= 11 is 1.84.